The van der Waals surface area contributed by atoms with Crippen LogP contribution in [0.25, 0.3) is 11.1 Å². The second-order valence-electron chi connectivity index (χ2n) is 7.55. The molecule has 1 N–H and O–H groups in total. The van der Waals surface area contributed by atoms with Crippen molar-refractivity contribution >= 4 is 0 Å². The van der Waals surface area contributed by atoms with Crippen LogP contribution in [0.1, 0.15) is 58.1 Å². The first kappa shape index (κ1) is 22.4. The molecule has 0 bridgehead atoms. The van der Waals surface area contributed by atoms with Gasteiger partial charge < -0.3 is 15.0 Å². The third-order valence-electron chi connectivity index (χ3n) is 5.36. The van der Waals surface area contributed by atoms with Crippen molar-refractivity contribution in [1.82, 2.24) is 10.2 Å². The Morgan fingerprint density at radius 3 is 2.14 bits per heavy atom. The van der Waals surface area contributed by atoms with Gasteiger partial charge in [0.25, 0.3) is 0 Å². The van der Waals surface area contributed by atoms with Crippen molar-refractivity contribution < 1.29 is 4.74 Å². The summed E-state index contributed by atoms with van der Waals surface area (Å²) in [5.41, 5.74) is 3.66. The molecular formula is C25H38N2O. The Morgan fingerprint density at radius 1 is 0.893 bits per heavy atom. The number of hydrogen-bond acceptors (Lipinski definition) is 3. The fraction of sp³-hybridized carbons (Fsp3) is 0.520. The number of para-hydroxylation sites is 1. The maximum atomic E-state index is 5.49. The van der Waals surface area contributed by atoms with E-state index in [1.54, 1.807) is 7.11 Å². The Labute approximate surface area is 172 Å². The number of rotatable bonds is 13. The lowest BCUT2D eigenvalue weighted by atomic mass is 10.0. The Hall–Kier alpha value is -1.84. The lowest BCUT2D eigenvalue weighted by molar-refractivity contribution is 0.261. The van der Waals surface area contributed by atoms with Gasteiger partial charge in [-0.1, -0.05) is 69.2 Å². The van der Waals surface area contributed by atoms with Gasteiger partial charge in [-0.05, 0) is 50.0 Å². The zero-order chi connectivity index (χ0) is 20.2. The fourth-order valence-corrected chi connectivity index (χ4v) is 3.49. The smallest absolute Gasteiger partial charge is 0.126 e. The average Bonchev–Trinajstić information content (AvgIpc) is 2.75. The minimum atomic E-state index is 0.353. The summed E-state index contributed by atoms with van der Waals surface area (Å²) >= 11 is 0. The SMILES string of the molecule is CCCCN(CCCC)CCNC(C)c1ccc(-c2ccccc2OC)cc1. The predicted octanol–water partition coefficient (Wildman–Crippen LogP) is 5.92. The quantitative estimate of drug-likeness (QED) is 0.466. The van der Waals surface area contributed by atoms with E-state index < -0.39 is 0 Å². The predicted molar refractivity (Wildman–Crippen MR) is 121 cm³/mol. The van der Waals surface area contributed by atoms with E-state index >= 15 is 0 Å². The molecule has 0 heterocycles. The van der Waals surface area contributed by atoms with Crippen molar-refractivity contribution in [2.75, 3.05) is 33.3 Å². The molecule has 0 aliphatic heterocycles. The number of nitrogens with one attached hydrogen (secondary N) is 1. The first-order valence-corrected chi connectivity index (χ1v) is 10.9. The number of hydrogen-bond donors (Lipinski definition) is 1. The van der Waals surface area contributed by atoms with Gasteiger partial charge in [-0.3, -0.25) is 0 Å². The summed E-state index contributed by atoms with van der Waals surface area (Å²) < 4.78 is 5.49. The van der Waals surface area contributed by atoms with Crippen LogP contribution >= 0.6 is 0 Å². The maximum absolute atomic E-state index is 5.49. The van der Waals surface area contributed by atoms with E-state index in [9.17, 15) is 0 Å². The first-order valence-electron chi connectivity index (χ1n) is 10.9. The Kier molecular flexibility index (Phi) is 10.1. The minimum Gasteiger partial charge on any atom is -0.496 e. The highest BCUT2D eigenvalue weighted by atomic mass is 16.5. The summed E-state index contributed by atoms with van der Waals surface area (Å²) in [6, 6.07) is 17.4. The summed E-state index contributed by atoms with van der Waals surface area (Å²) in [4.78, 5) is 2.61. The Bertz CT molecular complexity index is 661. The molecular weight excluding hydrogens is 344 g/mol. The number of methoxy groups -OCH3 is 1. The van der Waals surface area contributed by atoms with Crippen LogP contribution in [0.3, 0.4) is 0 Å². The second kappa shape index (κ2) is 12.6. The van der Waals surface area contributed by atoms with E-state index in [1.807, 2.05) is 12.1 Å². The molecule has 1 unspecified atom stereocenters. The van der Waals surface area contributed by atoms with Crippen LogP contribution in [-0.2, 0) is 0 Å². The van der Waals surface area contributed by atoms with Gasteiger partial charge in [-0.2, -0.15) is 0 Å². The van der Waals surface area contributed by atoms with Gasteiger partial charge in [0.2, 0.25) is 0 Å². The number of nitrogens with zero attached hydrogens (tertiary/aromatic N) is 1. The van der Waals surface area contributed by atoms with E-state index in [0.29, 0.717) is 6.04 Å². The molecule has 0 aromatic heterocycles. The monoisotopic (exact) mass is 382 g/mol. The summed E-state index contributed by atoms with van der Waals surface area (Å²) in [6.45, 7) is 11.4. The van der Waals surface area contributed by atoms with Crippen LogP contribution in [0.4, 0.5) is 0 Å². The molecule has 3 heteroatoms. The summed E-state index contributed by atoms with van der Waals surface area (Å²) in [7, 11) is 1.73. The molecule has 1 atom stereocenters. The highest BCUT2D eigenvalue weighted by Gasteiger charge is 2.09. The number of unbranched alkanes of at least 4 members (excludes halogenated alkanes) is 2. The third-order valence-corrected chi connectivity index (χ3v) is 5.36. The van der Waals surface area contributed by atoms with Crippen molar-refractivity contribution in [3.63, 3.8) is 0 Å². The largest absolute Gasteiger partial charge is 0.496 e. The van der Waals surface area contributed by atoms with Gasteiger partial charge >= 0.3 is 0 Å². The Balaban J connectivity index is 1.89. The highest BCUT2D eigenvalue weighted by molar-refractivity contribution is 5.70. The molecule has 28 heavy (non-hydrogen) atoms. The zero-order valence-corrected chi connectivity index (χ0v) is 18.2. The molecule has 0 aliphatic rings. The Morgan fingerprint density at radius 2 is 1.54 bits per heavy atom. The zero-order valence-electron chi connectivity index (χ0n) is 18.2. The van der Waals surface area contributed by atoms with E-state index in [0.717, 1.165) is 24.4 Å². The van der Waals surface area contributed by atoms with E-state index in [4.69, 9.17) is 4.74 Å². The lowest BCUT2D eigenvalue weighted by Crippen LogP contribution is -2.34. The average molecular weight is 383 g/mol. The summed E-state index contributed by atoms with van der Waals surface area (Å²) in [5, 5.41) is 3.70. The van der Waals surface area contributed by atoms with Crippen molar-refractivity contribution in [3.8, 4) is 16.9 Å². The molecule has 154 valence electrons. The topological polar surface area (TPSA) is 24.5 Å². The molecule has 0 amide bonds. The normalized spacial score (nSPS) is 12.3. The molecule has 2 rings (SSSR count). The van der Waals surface area contributed by atoms with Crippen LogP contribution in [0.2, 0.25) is 0 Å². The van der Waals surface area contributed by atoms with Gasteiger partial charge in [0.1, 0.15) is 5.75 Å². The van der Waals surface area contributed by atoms with Crippen molar-refractivity contribution in [3.05, 3.63) is 54.1 Å². The highest BCUT2D eigenvalue weighted by Crippen LogP contribution is 2.30. The van der Waals surface area contributed by atoms with Crippen LogP contribution in [0, 0.1) is 0 Å². The molecule has 0 saturated heterocycles. The molecule has 0 spiro atoms. The van der Waals surface area contributed by atoms with E-state index in [2.05, 4.69) is 67.4 Å². The van der Waals surface area contributed by atoms with Gasteiger partial charge in [0, 0.05) is 24.7 Å². The standard InChI is InChI=1S/C25H38N2O/c1-5-7-18-27(19-8-6-2)20-17-26-21(3)22-13-15-23(16-14-22)24-11-9-10-12-25(24)28-4/h9-16,21,26H,5-8,17-20H2,1-4H3. The number of ether oxygens (including phenoxy) is 1. The van der Waals surface area contributed by atoms with Crippen LogP contribution < -0.4 is 10.1 Å². The number of benzene rings is 2. The van der Waals surface area contributed by atoms with E-state index in [1.165, 1.54) is 49.9 Å². The van der Waals surface area contributed by atoms with Crippen molar-refractivity contribution in [1.29, 1.82) is 0 Å². The maximum Gasteiger partial charge on any atom is 0.126 e. The second-order valence-corrected chi connectivity index (χ2v) is 7.55. The molecule has 0 fully saturated rings. The van der Waals surface area contributed by atoms with Gasteiger partial charge in [0.05, 0.1) is 7.11 Å². The molecule has 0 aliphatic carbocycles. The lowest BCUT2D eigenvalue weighted by Gasteiger charge is -2.23. The van der Waals surface area contributed by atoms with Gasteiger partial charge in [-0.15, -0.1) is 0 Å². The van der Waals surface area contributed by atoms with Crippen LogP contribution in [0.15, 0.2) is 48.5 Å². The minimum absolute atomic E-state index is 0.353. The van der Waals surface area contributed by atoms with Gasteiger partial charge in [-0.25, -0.2) is 0 Å². The van der Waals surface area contributed by atoms with E-state index in [-0.39, 0.29) is 0 Å². The van der Waals surface area contributed by atoms with Crippen LogP contribution in [0.5, 0.6) is 5.75 Å². The molecule has 3 nitrogen and oxygen atoms in total. The summed E-state index contributed by atoms with van der Waals surface area (Å²) in [5.74, 6) is 0.917. The van der Waals surface area contributed by atoms with Crippen molar-refractivity contribution in [2.24, 2.45) is 0 Å². The third kappa shape index (κ3) is 6.96. The summed E-state index contributed by atoms with van der Waals surface area (Å²) in [6.07, 6.45) is 5.13. The molecule has 0 radical (unpaired) electrons. The van der Waals surface area contributed by atoms with Gasteiger partial charge in [0.15, 0.2) is 0 Å². The van der Waals surface area contributed by atoms with Crippen molar-refractivity contribution in [2.45, 2.75) is 52.5 Å². The molecule has 2 aromatic rings. The fourth-order valence-electron chi connectivity index (χ4n) is 3.49. The molecule has 2 aromatic carbocycles. The van der Waals surface area contributed by atoms with Crippen LogP contribution in [-0.4, -0.2) is 38.2 Å². The molecule has 0 saturated carbocycles. The first-order chi connectivity index (χ1) is 13.7.